The number of ether oxygens (including phenoxy) is 1. The average molecular weight is 257 g/mol. The molecule has 0 unspecified atom stereocenters. The second-order valence-electron chi connectivity index (χ2n) is 3.20. The molecule has 84 valence electrons. The van der Waals surface area contributed by atoms with Crippen molar-refractivity contribution in [2.75, 3.05) is 13.2 Å². The molecule has 0 saturated carbocycles. The summed E-state index contributed by atoms with van der Waals surface area (Å²) in [5.74, 6) is 0. The van der Waals surface area contributed by atoms with Gasteiger partial charge in [0.2, 0.25) is 6.19 Å². The standard InChI is InChI=1S/C9H9ClN4OS/c10-8-12-4-7(16-8)5-14-2-1-3-15-9(14)13-6-11/h4H,1-3,5H2. The second kappa shape index (κ2) is 5.14. The molecular formula is C9H9ClN4OS. The van der Waals surface area contributed by atoms with Crippen LogP contribution < -0.4 is 0 Å². The van der Waals surface area contributed by atoms with E-state index in [-0.39, 0.29) is 0 Å². The van der Waals surface area contributed by atoms with E-state index in [9.17, 15) is 0 Å². The average Bonchev–Trinajstić information content (AvgIpc) is 2.67. The van der Waals surface area contributed by atoms with E-state index in [1.165, 1.54) is 11.3 Å². The fraction of sp³-hybridized carbons (Fsp3) is 0.444. The third-order valence-corrected chi connectivity index (χ3v) is 3.19. The van der Waals surface area contributed by atoms with E-state index in [0.717, 1.165) is 17.8 Å². The molecule has 1 aromatic heterocycles. The first kappa shape index (κ1) is 11.2. The van der Waals surface area contributed by atoms with Crippen LogP contribution in [0.15, 0.2) is 11.2 Å². The first-order chi connectivity index (χ1) is 7.79. The van der Waals surface area contributed by atoms with Crippen LogP contribution in [0.5, 0.6) is 0 Å². The molecule has 1 saturated heterocycles. The number of aromatic nitrogens is 1. The van der Waals surface area contributed by atoms with E-state index in [2.05, 4.69) is 9.98 Å². The lowest BCUT2D eigenvalue weighted by atomic mass is 10.3. The third-order valence-electron chi connectivity index (χ3n) is 2.09. The van der Waals surface area contributed by atoms with Crippen LogP contribution in [0.25, 0.3) is 0 Å². The lowest BCUT2D eigenvalue weighted by molar-refractivity contribution is 0.171. The second-order valence-corrected chi connectivity index (χ2v) is 4.89. The van der Waals surface area contributed by atoms with Crippen LogP contribution in [0.1, 0.15) is 11.3 Å². The smallest absolute Gasteiger partial charge is 0.303 e. The molecule has 0 spiro atoms. The number of nitriles is 1. The van der Waals surface area contributed by atoms with Crippen molar-refractivity contribution in [1.82, 2.24) is 9.88 Å². The van der Waals surface area contributed by atoms with Crippen LogP contribution in [0.4, 0.5) is 0 Å². The monoisotopic (exact) mass is 256 g/mol. The van der Waals surface area contributed by atoms with Crippen LogP contribution in [0, 0.1) is 11.5 Å². The summed E-state index contributed by atoms with van der Waals surface area (Å²) >= 11 is 7.17. The first-order valence-corrected chi connectivity index (χ1v) is 5.94. The van der Waals surface area contributed by atoms with Gasteiger partial charge in [0.15, 0.2) is 4.47 Å². The zero-order chi connectivity index (χ0) is 11.4. The van der Waals surface area contributed by atoms with Gasteiger partial charge in [0.1, 0.15) is 0 Å². The predicted octanol–water partition coefficient (Wildman–Crippen LogP) is 1.86. The maximum atomic E-state index is 8.53. The molecule has 1 aliphatic heterocycles. The molecule has 1 fully saturated rings. The molecular weight excluding hydrogens is 248 g/mol. The van der Waals surface area contributed by atoms with Gasteiger partial charge in [-0.05, 0) is 6.42 Å². The Hall–Kier alpha value is -1.32. The molecule has 2 heterocycles. The van der Waals surface area contributed by atoms with Gasteiger partial charge in [0, 0.05) is 17.6 Å². The zero-order valence-electron chi connectivity index (χ0n) is 8.39. The number of aliphatic imine (C=N–C) groups is 1. The van der Waals surface area contributed by atoms with Gasteiger partial charge < -0.3 is 9.64 Å². The summed E-state index contributed by atoms with van der Waals surface area (Å²) in [5.41, 5.74) is 0. The highest BCUT2D eigenvalue weighted by Gasteiger charge is 2.19. The first-order valence-electron chi connectivity index (χ1n) is 4.74. The number of thiazole rings is 1. The fourth-order valence-corrected chi connectivity index (χ4v) is 2.44. The summed E-state index contributed by atoms with van der Waals surface area (Å²) in [5, 5.41) is 8.53. The largest absolute Gasteiger partial charge is 0.464 e. The molecule has 0 aromatic carbocycles. The van der Waals surface area contributed by atoms with E-state index in [1.807, 2.05) is 4.90 Å². The third kappa shape index (κ3) is 2.62. The maximum absolute atomic E-state index is 8.53. The minimum absolute atomic E-state index is 0.387. The fourth-order valence-electron chi connectivity index (χ4n) is 1.44. The zero-order valence-corrected chi connectivity index (χ0v) is 9.96. The lowest BCUT2D eigenvalue weighted by Gasteiger charge is -2.28. The molecule has 16 heavy (non-hydrogen) atoms. The van der Waals surface area contributed by atoms with Gasteiger partial charge in [-0.1, -0.05) is 11.6 Å². The minimum Gasteiger partial charge on any atom is -0.464 e. The Morgan fingerprint density at radius 1 is 1.75 bits per heavy atom. The lowest BCUT2D eigenvalue weighted by Crippen LogP contribution is -2.38. The molecule has 1 aliphatic rings. The van der Waals surface area contributed by atoms with Crippen molar-refractivity contribution < 1.29 is 4.74 Å². The number of hydrogen-bond donors (Lipinski definition) is 0. The quantitative estimate of drug-likeness (QED) is 0.758. The summed E-state index contributed by atoms with van der Waals surface area (Å²) in [6.07, 6.45) is 4.40. The van der Waals surface area contributed by atoms with Gasteiger partial charge in [-0.25, -0.2) is 4.98 Å². The Morgan fingerprint density at radius 2 is 2.62 bits per heavy atom. The van der Waals surface area contributed by atoms with Crippen molar-refractivity contribution in [3.8, 4) is 6.19 Å². The molecule has 0 bridgehead atoms. The highest BCUT2D eigenvalue weighted by atomic mass is 35.5. The van der Waals surface area contributed by atoms with Gasteiger partial charge in [0.25, 0.3) is 0 Å². The van der Waals surface area contributed by atoms with Crippen molar-refractivity contribution in [3.05, 3.63) is 15.5 Å². The SMILES string of the molecule is N#CN=C1OCCCN1Cc1cnc(Cl)s1. The van der Waals surface area contributed by atoms with Crippen LogP contribution in [-0.2, 0) is 11.3 Å². The van der Waals surface area contributed by atoms with Crippen LogP contribution in [-0.4, -0.2) is 29.1 Å². The number of hydrogen-bond acceptors (Lipinski definition) is 5. The topological polar surface area (TPSA) is 61.5 Å². The van der Waals surface area contributed by atoms with Gasteiger partial charge in [-0.2, -0.15) is 5.26 Å². The van der Waals surface area contributed by atoms with Gasteiger partial charge in [-0.3, -0.25) is 0 Å². The summed E-state index contributed by atoms with van der Waals surface area (Å²) in [6.45, 7) is 2.07. The molecule has 1 aromatic rings. The minimum atomic E-state index is 0.387. The molecule has 0 radical (unpaired) electrons. The Balaban J connectivity index is 2.07. The molecule has 5 nitrogen and oxygen atoms in total. The molecule has 7 heteroatoms. The maximum Gasteiger partial charge on any atom is 0.303 e. The highest BCUT2D eigenvalue weighted by molar-refractivity contribution is 7.15. The van der Waals surface area contributed by atoms with E-state index in [0.29, 0.717) is 23.6 Å². The molecule has 0 amide bonds. The summed E-state index contributed by atoms with van der Waals surface area (Å²) in [7, 11) is 0. The molecule has 2 rings (SSSR count). The van der Waals surface area contributed by atoms with Crippen LogP contribution in [0.3, 0.4) is 0 Å². The summed E-state index contributed by atoms with van der Waals surface area (Å²) < 4.78 is 5.83. The Labute approximate surface area is 102 Å². The van der Waals surface area contributed by atoms with Gasteiger partial charge >= 0.3 is 6.02 Å². The van der Waals surface area contributed by atoms with E-state index >= 15 is 0 Å². The molecule has 0 atom stereocenters. The van der Waals surface area contributed by atoms with Crippen molar-refractivity contribution in [3.63, 3.8) is 0 Å². The van der Waals surface area contributed by atoms with Gasteiger partial charge in [0.05, 0.1) is 13.2 Å². The van der Waals surface area contributed by atoms with Crippen LogP contribution >= 0.6 is 22.9 Å². The number of amidine groups is 1. The van der Waals surface area contributed by atoms with Crippen molar-refractivity contribution in [2.45, 2.75) is 13.0 Å². The predicted molar refractivity (Wildman–Crippen MR) is 61.2 cm³/mol. The number of nitrogens with zero attached hydrogens (tertiary/aromatic N) is 4. The highest BCUT2D eigenvalue weighted by Crippen LogP contribution is 2.20. The molecule has 0 aliphatic carbocycles. The van der Waals surface area contributed by atoms with Gasteiger partial charge in [-0.15, -0.1) is 16.3 Å². The van der Waals surface area contributed by atoms with Crippen molar-refractivity contribution in [2.24, 2.45) is 4.99 Å². The molecule has 0 N–H and O–H groups in total. The Morgan fingerprint density at radius 3 is 3.31 bits per heavy atom. The van der Waals surface area contributed by atoms with E-state index in [4.69, 9.17) is 21.6 Å². The van der Waals surface area contributed by atoms with Crippen molar-refractivity contribution >= 4 is 29.0 Å². The number of rotatable bonds is 2. The van der Waals surface area contributed by atoms with Crippen LogP contribution in [0.2, 0.25) is 4.47 Å². The van der Waals surface area contributed by atoms with Crippen molar-refractivity contribution in [1.29, 1.82) is 5.26 Å². The summed E-state index contributed by atoms with van der Waals surface area (Å²) in [6, 6.07) is 0.387. The van der Waals surface area contributed by atoms with E-state index < -0.39 is 0 Å². The van der Waals surface area contributed by atoms with E-state index in [1.54, 1.807) is 12.4 Å². The Kier molecular flexibility index (Phi) is 3.59. The number of halogens is 1. The Bertz CT molecular complexity index is 439. The summed E-state index contributed by atoms with van der Waals surface area (Å²) in [4.78, 5) is 10.6. The normalized spacial score (nSPS) is 18.2.